The molecule has 0 spiro atoms. The number of Topliss-reactive ketones (excluding diaryl/α,β-unsaturated/α-hetero) is 2. The van der Waals surface area contributed by atoms with Gasteiger partial charge in [-0.1, -0.05) is 11.6 Å². The zero-order valence-electron chi connectivity index (χ0n) is 16.7. The number of likely N-dealkylation sites (N-methyl/N-ethyl adjacent to an activating group) is 1. The van der Waals surface area contributed by atoms with Crippen LogP contribution in [0.25, 0.3) is 0 Å². The summed E-state index contributed by atoms with van der Waals surface area (Å²) in [4.78, 5) is 40.4. The molecule has 2 aromatic rings. The number of aryl methyl sites for hydroxylation is 1. The molecule has 1 aromatic heterocycles. The summed E-state index contributed by atoms with van der Waals surface area (Å²) in [7, 11) is 3.26. The van der Waals surface area contributed by atoms with Crippen LogP contribution in [0.1, 0.15) is 39.0 Å². The maximum absolute atomic E-state index is 12.6. The summed E-state index contributed by atoms with van der Waals surface area (Å²) in [6, 6.07) is 4.94. The summed E-state index contributed by atoms with van der Waals surface area (Å²) >= 11 is 5.97. The molecule has 0 aliphatic heterocycles. The largest absolute Gasteiger partial charge is 0.495 e. The van der Waals surface area contributed by atoms with Crippen molar-refractivity contribution in [3.05, 3.63) is 45.7 Å². The topological polar surface area (TPSA) is 92.7 Å². The lowest BCUT2D eigenvalue weighted by atomic mass is 10.1. The number of methoxy groups -OCH3 is 1. The number of carbonyl (C=O) groups excluding carboxylic acids is 3. The summed E-state index contributed by atoms with van der Waals surface area (Å²) in [5, 5.41) is 3.23. The van der Waals surface area contributed by atoms with E-state index in [9.17, 15) is 14.4 Å². The second kappa shape index (κ2) is 9.03. The number of carbonyl (C=O) groups is 3. The highest BCUT2D eigenvalue weighted by Crippen LogP contribution is 2.27. The minimum atomic E-state index is -0.269. The number of ether oxygens (including phenoxy) is 1. The number of halogens is 1. The Morgan fingerprint density at radius 1 is 1.21 bits per heavy atom. The monoisotopic (exact) mass is 406 g/mol. The van der Waals surface area contributed by atoms with Gasteiger partial charge in [-0.3, -0.25) is 14.4 Å². The van der Waals surface area contributed by atoms with Gasteiger partial charge in [-0.2, -0.15) is 0 Å². The lowest BCUT2D eigenvalue weighted by Crippen LogP contribution is -3.11. The van der Waals surface area contributed by atoms with E-state index in [0.717, 1.165) is 0 Å². The Kier molecular flexibility index (Phi) is 6.99. The summed E-state index contributed by atoms with van der Waals surface area (Å²) in [6.45, 7) is 5.19. The van der Waals surface area contributed by atoms with Crippen LogP contribution in [-0.4, -0.2) is 49.7 Å². The van der Waals surface area contributed by atoms with Gasteiger partial charge in [-0.05, 0) is 44.5 Å². The molecule has 28 heavy (non-hydrogen) atoms. The number of aromatic nitrogens is 1. The first-order chi connectivity index (χ1) is 13.1. The Morgan fingerprint density at radius 3 is 2.46 bits per heavy atom. The number of amides is 1. The van der Waals surface area contributed by atoms with Crippen molar-refractivity contribution in [2.75, 3.05) is 32.6 Å². The molecule has 0 fully saturated rings. The zero-order chi connectivity index (χ0) is 21.0. The van der Waals surface area contributed by atoms with Crippen LogP contribution < -0.4 is 15.0 Å². The fourth-order valence-electron chi connectivity index (χ4n) is 3.23. The predicted octanol–water partition coefficient (Wildman–Crippen LogP) is 1.83. The summed E-state index contributed by atoms with van der Waals surface area (Å²) in [6.07, 6.45) is 0. The Bertz CT molecular complexity index is 920. The van der Waals surface area contributed by atoms with Crippen LogP contribution in [0.3, 0.4) is 0 Å². The number of aromatic amines is 1. The van der Waals surface area contributed by atoms with E-state index in [-0.39, 0.29) is 30.6 Å². The SMILES string of the molecule is COc1ccc(Cl)cc1NC(=O)C[NH+](C)CC(=O)c1[nH]c(C)c(C(C)=O)c1C. The van der Waals surface area contributed by atoms with Gasteiger partial charge in [-0.15, -0.1) is 0 Å². The second-order valence-electron chi connectivity index (χ2n) is 6.81. The van der Waals surface area contributed by atoms with E-state index < -0.39 is 0 Å². The van der Waals surface area contributed by atoms with Gasteiger partial charge in [0.05, 0.1) is 25.5 Å². The van der Waals surface area contributed by atoms with E-state index in [0.29, 0.717) is 43.9 Å². The number of rotatable bonds is 8. The van der Waals surface area contributed by atoms with Gasteiger partial charge in [0.15, 0.2) is 12.3 Å². The van der Waals surface area contributed by atoms with Crippen molar-refractivity contribution in [3.8, 4) is 5.75 Å². The van der Waals surface area contributed by atoms with E-state index in [2.05, 4.69) is 10.3 Å². The number of quaternary nitrogens is 1. The van der Waals surface area contributed by atoms with Crippen molar-refractivity contribution in [1.82, 2.24) is 4.98 Å². The first-order valence-corrected chi connectivity index (χ1v) is 9.19. The van der Waals surface area contributed by atoms with Crippen LogP contribution in [0.4, 0.5) is 5.69 Å². The number of H-pyrrole nitrogens is 1. The van der Waals surface area contributed by atoms with Crippen LogP contribution in [-0.2, 0) is 4.79 Å². The average Bonchev–Trinajstić information content (AvgIpc) is 2.89. The van der Waals surface area contributed by atoms with Gasteiger partial charge in [0.2, 0.25) is 5.78 Å². The summed E-state index contributed by atoms with van der Waals surface area (Å²) in [5.74, 6) is -0.00464. The van der Waals surface area contributed by atoms with Crippen LogP contribution in [0, 0.1) is 13.8 Å². The molecule has 0 radical (unpaired) electrons. The number of anilines is 1. The molecule has 1 aromatic carbocycles. The number of hydrogen-bond donors (Lipinski definition) is 3. The number of nitrogens with one attached hydrogen (secondary N) is 3. The van der Waals surface area contributed by atoms with Gasteiger partial charge >= 0.3 is 0 Å². The average molecular weight is 407 g/mol. The molecule has 0 aliphatic carbocycles. The fourth-order valence-corrected chi connectivity index (χ4v) is 3.40. The van der Waals surface area contributed by atoms with E-state index in [1.165, 1.54) is 14.0 Å². The molecule has 7 nitrogen and oxygen atoms in total. The van der Waals surface area contributed by atoms with Crippen LogP contribution in [0.5, 0.6) is 5.75 Å². The van der Waals surface area contributed by atoms with Crippen LogP contribution in [0.2, 0.25) is 5.02 Å². The molecule has 8 heteroatoms. The zero-order valence-corrected chi connectivity index (χ0v) is 17.4. The smallest absolute Gasteiger partial charge is 0.279 e. The van der Waals surface area contributed by atoms with E-state index in [1.54, 1.807) is 39.1 Å². The first kappa shape index (κ1) is 21.7. The summed E-state index contributed by atoms with van der Waals surface area (Å²) < 4.78 is 5.21. The molecule has 1 unspecified atom stereocenters. The Labute approximate surface area is 169 Å². The van der Waals surface area contributed by atoms with Crippen molar-refractivity contribution >= 4 is 34.8 Å². The minimum absolute atomic E-state index is 0.0825. The van der Waals surface area contributed by atoms with Crippen LogP contribution >= 0.6 is 11.6 Å². The van der Waals surface area contributed by atoms with Gasteiger partial charge in [0, 0.05) is 16.3 Å². The maximum Gasteiger partial charge on any atom is 0.279 e. The van der Waals surface area contributed by atoms with E-state index in [1.807, 2.05) is 0 Å². The van der Waals surface area contributed by atoms with Crippen LogP contribution in [0.15, 0.2) is 18.2 Å². The third-order valence-corrected chi connectivity index (χ3v) is 4.66. The molecule has 0 aliphatic rings. The molecule has 1 atom stereocenters. The highest BCUT2D eigenvalue weighted by atomic mass is 35.5. The molecule has 0 saturated carbocycles. The predicted molar refractivity (Wildman–Crippen MR) is 108 cm³/mol. The molecule has 150 valence electrons. The fraction of sp³-hybridized carbons (Fsp3) is 0.350. The third-order valence-electron chi connectivity index (χ3n) is 4.43. The molecule has 0 saturated heterocycles. The van der Waals surface area contributed by atoms with Crippen molar-refractivity contribution in [2.45, 2.75) is 20.8 Å². The van der Waals surface area contributed by atoms with Crippen molar-refractivity contribution < 1.29 is 24.0 Å². The Balaban J connectivity index is 2.02. The van der Waals surface area contributed by atoms with E-state index in [4.69, 9.17) is 16.3 Å². The lowest BCUT2D eigenvalue weighted by molar-refractivity contribution is -0.861. The number of ketones is 2. The highest BCUT2D eigenvalue weighted by Gasteiger charge is 2.23. The standard InChI is InChI=1S/C20H24ClN3O4/c1-11-19(13(3)25)12(2)22-20(11)16(26)9-24(4)10-18(27)23-15-8-14(21)6-7-17(15)28-5/h6-8,22H,9-10H2,1-5H3,(H,23,27)/p+1. The third kappa shape index (κ3) is 4.99. The van der Waals surface area contributed by atoms with Crippen molar-refractivity contribution in [2.24, 2.45) is 0 Å². The molecule has 1 amide bonds. The molecule has 3 N–H and O–H groups in total. The minimum Gasteiger partial charge on any atom is -0.495 e. The van der Waals surface area contributed by atoms with Gasteiger partial charge < -0.3 is 19.9 Å². The molecular formula is C20H25ClN3O4+. The number of hydrogen-bond acceptors (Lipinski definition) is 4. The maximum atomic E-state index is 12.6. The molecule has 1 heterocycles. The van der Waals surface area contributed by atoms with E-state index >= 15 is 0 Å². The Hall–Kier alpha value is -2.64. The van der Waals surface area contributed by atoms with Crippen molar-refractivity contribution in [3.63, 3.8) is 0 Å². The quantitative estimate of drug-likeness (QED) is 0.583. The van der Waals surface area contributed by atoms with Crippen molar-refractivity contribution in [1.29, 1.82) is 0 Å². The summed E-state index contributed by atoms with van der Waals surface area (Å²) in [5.41, 5.74) is 2.76. The van der Waals surface area contributed by atoms with Gasteiger partial charge in [0.25, 0.3) is 5.91 Å². The second-order valence-corrected chi connectivity index (χ2v) is 7.24. The molecule has 0 bridgehead atoms. The van der Waals surface area contributed by atoms with Gasteiger partial charge in [0.1, 0.15) is 12.3 Å². The number of benzene rings is 1. The normalized spacial score (nSPS) is 11.8. The molecular weight excluding hydrogens is 382 g/mol. The first-order valence-electron chi connectivity index (χ1n) is 8.82. The van der Waals surface area contributed by atoms with Gasteiger partial charge in [-0.25, -0.2) is 0 Å². The highest BCUT2D eigenvalue weighted by molar-refractivity contribution is 6.31. The lowest BCUT2D eigenvalue weighted by Gasteiger charge is -2.14. The molecule has 2 rings (SSSR count). The Morgan fingerprint density at radius 2 is 1.89 bits per heavy atom.